The Balaban J connectivity index is 1.95. The number of thiazole rings is 1. The van der Waals surface area contributed by atoms with E-state index in [1.54, 1.807) is 18.2 Å². The predicted octanol–water partition coefficient (Wildman–Crippen LogP) is 5.86. The lowest BCUT2D eigenvalue weighted by Crippen LogP contribution is -2.31. The number of anilines is 1. The SMILES string of the molecule is C=CCN(C(=O)c1ccc(Cl)c([N+](=O)[O-])c1)c1nc(-c2ccc(Cl)cc2)cs1. The van der Waals surface area contributed by atoms with Crippen molar-refractivity contribution in [3.63, 3.8) is 0 Å². The average Bonchev–Trinajstić information content (AvgIpc) is 3.16. The van der Waals surface area contributed by atoms with Crippen LogP contribution in [0.25, 0.3) is 11.3 Å². The average molecular weight is 434 g/mol. The lowest BCUT2D eigenvalue weighted by molar-refractivity contribution is -0.384. The number of nitro groups is 1. The van der Waals surface area contributed by atoms with Gasteiger partial charge in [-0.25, -0.2) is 4.98 Å². The van der Waals surface area contributed by atoms with E-state index in [4.69, 9.17) is 23.2 Å². The van der Waals surface area contributed by atoms with E-state index in [9.17, 15) is 14.9 Å². The van der Waals surface area contributed by atoms with E-state index in [0.29, 0.717) is 15.8 Å². The van der Waals surface area contributed by atoms with Crippen molar-refractivity contribution in [3.05, 3.63) is 86.2 Å². The number of benzene rings is 2. The van der Waals surface area contributed by atoms with Crippen molar-refractivity contribution < 1.29 is 9.72 Å². The van der Waals surface area contributed by atoms with Gasteiger partial charge in [0.15, 0.2) is 5.13 Å². The van der Waals surface area contributed by atoms with Gasteiger partial charge < -0.3 is 0 Å². The summed E-state index contributed by atoms with van der Waals surface area (Å²) in [6, 6.07) is 11.1. The monoisotopic (exact) mass is 433 g/mol. The Morgan fingerprint density at radius 3 is 2.61 bits per heavy atom. The van der Waals surface area contributed by atoms with Gasteiger partial charge in [-0.15, -0.1) is 17.9 Å². The van der Waals surface area contributed by atoms with Gasteiger partial charge in [-0.1, -0.05) is 41.4 Å². The second-order valence-corrected chi connectivity index (χ2v) is 7.33. The maximum Gasteiger partial charge on any atom is 0.288 e. The van der Waals surface area contributed by atoms with Crippen LogP contribution in [0.1, 0.15) is 10.4 Å². The topological polar surface area (TPSA) is 76.3 Å². The van der Waals surface area contributed by atoms with Crippen LogP contribution in [0, 0.1) is 10.1 Å². The summed E-state index contributed by atoms with van der Waals surface area (Å²) in [6.07, 6.45) is 1.56. The first kappa shape index (κ1) is 20.0. The summed E-state index contributed by atoms with van der Waals surface area (Å²) < 4.78 is 0. The molecule has 6 nitrogen and oxygen atoms in total. The Hall–Kier alpha value is -2.74. The van der Waals surface area contributed by atoms with Gasteiger partial charge in [0.2, 0.25) is 0 Å². The van der Waals surface area contributed by atoms with Crippen molar-refractivity contribution in [2.24, 2.45) is 0 Å². The second kappa shape index (κ2) is 8.52. The molecule has 28 heavy (non-hydrogen) atoms. The number of aromatic nitrogens is 1. The molecular formula is C19H13Cl2N3O3S. The van der Waals surface area contributed by atoms with Gasteiger partial charge >= 0.3 is 0 Å². The quantitative estimate of drug-likeness (QED) is 0.277. The summed E-state index contributed by atoms with van der Waals surface area (Å²) >= 11 is 13.0. The fourth-order valence-electron chi connectivity index (χ4n) is 2.46. The van der Waals surface area contributed by atoms with E-state index < -0.39 is 10.8 Å². The molecule has 9 heteroatoms. The van der Waals surface area contributed by atoms with E-state index in [1.165, 1.54) is 28.4 Å². The van der Waals surface area contributed by atoms with Crippen LogP contribution in [0.4, 0.5) is 10.8 Å². The molecule has 1 amide bonds. The van der Waals surface area contributed by atoms with Crippen LogP contribution in [-0.2, 0) is 0 Å². The smallest absolute Gasteiger partial charge is 0.280 e. The molecule has 1 heterocycles. The minimum atomic E-state index is -0.626. The van der Waals surface area contributed by atoms with Crippen molar-refractivity contribution in [2.75, 3.05) is 11.4 Å². The largest absolute Gasteiger partial charge is 0.288 e. The molecule has 0 saturated heterocycles. The first-order valence-corrected chi connectivity index (χ1v) is 9.62. The first-order chi connectivity index (χ1) is 13.4. The van der Waals surface area contributed by atoms with E-state index in [1.807, 2.05) is 17.5 Å². The van der Waals surface area contributed by atoms with Crippen molar-refractivity contribution >= 4 is 51.3 Å². The molecule has 0 N–H and O–H groups in total. The third-order valence-corrected chi connectivity index (χ3v) is 5.24. The summed E-state index contributed by atoms with van der Waals surface area (Å²) in [4.78, 5) is 29.4. The molecule has 0 aliphatic carbocycles. The summed E-state index contributed by atoms with van der Waals surface area (Å²) in [5.74, 6) is -0.434. The Kier molecular flexibility index (Phi) is 6.08. The standard InChI is InChI=1S/C19H13Cl2N3O3S/c1-2-9-23(18(25)13-5-8-15(21)17(10-13)24(26)27)19-22-16(11-28-19)12-3-6-14(20)7-4-12/h2-8,10-11H,1,9H2. The maximum absolute atomic E-state index is 13.0. The van der Waals surface area contributed by atoms with Crippen LogP contribution in [-0.4, -0.2) is 22.4 Å². The van der Waals surface area contributed by atoms with Gasteiger partial charge in [-0.3, -0.25) is 19.8 Å². The molecule has 2 aromatic carbocycles. The molecule has 3 rings (SSSR count). The minimum Gasteiger partial charge on any atom is -0.280 e. The zero-order valence-electron chi connectivity index (χ0n) is 14.3. The molecule has 0 bridgehead atoms. The zero-order chi connectivity index (χ0) is 20.3. The molecule has 0 radical (unpaired) electrons. The second-order valence-electron chi connectivity index (χ2n) is 5.65. The Morgan fingerprint density at radius 2 is 1.96 bits per heavy atom. The summed E-state index contributed by atoms with van der Waals surface area (Å²) in [5.41, 5.74) is 1.37. The number of halogens is 2. The van der Waals surface area contributed by atoms with Crippen LogP contribution < -0.4 is 4.90 Å². The number of amides is 1. The highest BCUT2D eigenvalue weighted by Gasteiger charge is 2.23. The minimum absolute atomic E-state index is 0.0314. The molecule has 1 aromatic heterocycles. The third kappa shape index (κ3) is 4.22. The molecule has 0 spiro atoms. The van der Waals surface area contributed by atoms with Gasteiger partial charge in [0.05, 0.1) is 10.6 Å². The Bertz CT molecular complexity index is 1050. The van der Waals surface area contributed by atoms with E-state index >= 15 is 0 Å². The highest BCUT2D eigenvalue weighted by molar-refractivity contribution is 7.14. The molecule has 0 fully saturated rings. The fourth-order valence-corrected chi connectivity index (χ4v) is 3.61. The van der Waals surface area contributed by atoms with Crippen LogP contribution in [0.2, 0.25) is 10.0 Å². The zero-order valence-corrected chi connectivity index (χ0v) is 16.7. The number of carbonyl (C=O) groups is 1. The van der Waals surface area contributed by atoms with E-state index in [-0.39, 0.29) is 22.8 Å². The highest BCUT2D eigenvalue weighted by Crippen LogP contribution is 2.30. The van der Waals surface area contributed by atoms with E-state index in [2.05, 4.69) is 11.6 Å². The van der Waals surface area contributed by atoms with Crippen LogP contribution in [0.3, 0.4) is 0 Å². The number of nitro benzene ring substituents is 1. The van der Waals surface area contributed by atoms with Crippen molar-refractivity contribution in [2.45, 2.75) is 0 Å². The number of hydrogen-bond acceptors (Lipinski definition) is 5. The predicted molar refractivity (Wildman–Crippen MR) is 113 cm³/mol. The molecule has 0 aliphatic heterocycles. The lowest BCUT2D eigenvalue weighted by Gasteiger charge is -2.18. The van der Waals surface area contributed by atoms with Crippen LogP contribution >= 0.6 is 34.5 Å². The summed E-state index contributed by atoms with van der Waals surface area (Å²) in [6.45, 7) is 3.87. The Labute approximate surface area is 174 Å². The van der Waals surface area contributed by atoms with Crippen LogP contribution in [0.5, 0.6) is 0 Å². The summed E-state index contributed by atoms with van der Waals surface area (Å²) in [5, 5.41) is 14.0. The molecule has 142 valence electrons. The first-order valence-electron chi connectivity index (χ1n) is 7.99. The Morgan fingerprint density at radius 1 is 1.25 bits per heavy atom. The number of hydrogen-bond donors (Lipinski definition) is 0. The molecule has 3 aromatic rings. The van der Waals surface area contributed by atoms with Crippen molar-refractivity contribution in [1.82, 2.24) is 4.98 Å². The molecule has 0 aliphatic rings. The van der Waals surface area contributed by atoms with Gasteiger partial charge in [0, 0.05) is 34.1 Å². The molecular weight excluding hydrogens is 421 g/mol. The molecule has 0 unspecified atom stereocenters. The highest BCUT2D eigenvalue weighted by atomic mass is 35.5. The van der Waals surface area contributed by atoms with Gasteiger partial charge in [-0.2, -0.15) is 0 Å². The number of nitrogens with zero attached hydrogens (tertiary/aromatic N) is 3. The normalized spacial score (nSPS) is 10.5. The van der Waals surface area contributed by atoms with Crippen LogP contribution in [0.15, 0.2) is 60.5 Å². The van der Waals surface area contributed by atoms with Crippen molar-refractivity contribution in [3.8, 4) is 11.3 Å². The molecule has 0 saturated carbocycles. The molecule has 0 atom stereocenters. The van der Waals surface area contributed by atoms with Gasteiger partial charge in [0.25, 0.3) is 11.6 Å². The van der Waals surface area contributed by atoms with Gasteiger partial charge in [-0.05, 0) is 24.3 Å². The fraction of sp³-hybridized carbons (Fsp3) is 0.0526. The van der Waals surface area contributed by atoms with E-state index in [0.717, 1.165) is 11.6 Å². The summed E-state index contributed by atoms with van der Waals surface area (Å²) in [7, 11) is 0. The number of rotatable bonds is 6. The third-order valence-electron chi connectivity index (χ3n) is 3.81. The maximum atomic E-state index is 13.0. The van der Waals surface area contributed by atoms with Gasteiger partial charge in [0.1, 0.15) is 5.02 Å². The van der Waals surface area contributed by atoms with Crippen molar-refractivity contribution in [1.29, 1.82) is 0 Å². The lowest BCUT2D eigenvalue weighted by atomic mass is 10.1. The number of carbonyl (C=O) groups excluding carboxylic acids is 1.